The Kier molecular flexibility index (Phi) is 13.6. The van der Waals surface area contributed by atoms with Crippen molar-refractivity contribution in [1.29, 1.82) is 0 Å². The molecule has 0 aromatic carbocycles. The number of methoxy groups -OCH3 is 1. The van der Waals surface area contributed by atoms with Crippen molar-refractivity contribution in [1.82, 2.24) is 0 Å². The molecule has 13 nitrogen and oxygen atoms in total. The average molecular weight is 711 g/mol. The third-order valence-electron chi connectivity index (χ3n) is 10.9. The molecule has 0 aromatic heterocycles. The highest BCUT2D eigenvalue weighted by Crippen LogP contribution is 2.40. The molecule has 16 atom stereocenters. The Labute approximate surface area is 295 Å². The Balaban J connectivity index is 1.42. The summed E-state index contributed by atoms with van der Waals surface area (Å²) in [6, 6.07) is 0. The van der Waals surface area contributed by atoms with Crippen LogP contribution in [0.4, 0.5) is 0 Å². The van der Waals surface area contributed by atoms with E-state index in [0.717, 1.165) is 0 Å². The second kappa shape index (κ2) is 17.3. The molecule has 0 aromatic rings. The summed E-state index contributed by atoms with van der Waals surface area (Å²) in [6.45, 7) is 7.67. The van der Waals surface area contributed by atoms with Crippen molar-refractivity contribution in [2.45, 2.75) is 177 Å². The van der Waals surface area contributed by atoms with Crippen molar-refractivity contribution in [3.8, 4) is 0 Å². The molecule has 5 rings (SSSR count). The summed E-state index contributed by atoms with van der Waals surface area (Å²) in [7, 11) is 1.42. The molecule has 13 heteroatoms. The van der Waals surface area contributed by atoms with Crippen LogP contribution in [0.15, 0.2) is 24.3 Å². The lowest BCUT2D eigenvalue weighted by molar-refractivity contribution is -0.316. The molecule has 0 radical (unpaired) electrons. The maximum absolute atomic E-state index is 13.4. The van der Waals surface area contributed by atoms with Gasteiger partial charge in [0.25, 0.3) is 0 Å². The lowest BCUT2D eigenvalue weighted by Crippen LogP contribution is -2.59. The van der Waals surface area contributed by atoms with E-state index < -0.39 is 84.9 Å². The van der Waals surface area contributed by atoms with Gasteiger partial charge >= 0.3 is 11.9 Å². The topological polar surface area (TPSA) is 180 Å². The number of carbonyl (C=O) groups is 2. The van der Waals surface area contributed by atoms with E-state index >= 15 is 0 Å². The van der Waals surface area contributed by atoms with Gasteiger partial charge < -0.3 is 53.6 Å². The summed E-state index contributed by atoms with van der Waals surface area (Å²) in [5, 5.41) is 44.2. The summed E-state index contributed by atoms with van der Waals surface area (Å²) in [5.41, 5.74) is -2.15. The van der Waals surface area contributed by atoms with Crippen LogP contribution in [0.5, 0.6) is 0 Å². The van der Waals surface area contributed by atoms with Gasteiger partial charge in [0.05, 0.1) is 42.7 Å². The first-order valence-corrected chi connectivity index (χ1v) is 18.5. The lowest BCUT2D eigenvalue weighted by Gasteiger charge is -2.44. The van der Waals surface area contributed by atoms with Crippen LogP contribution >= 0.6 is 0 Å². The van der Waals surface area contributed by atoms with Gasteiger partial charge in [-0.25, -0.2) is 4.79 Å². The van der Waals surface area contributed by atoms with Crippen LogP contribution in [0.25, 0.3) is 0 Å². The van der Waals surface area contributed by atoms with E-state index in [2.05, 4.69) is 26.0 Å². The largest absolute Gasteiger partial charge is 0.460 e. The van der Waals surface area contributed by atoms with Crippen LogP contribution in [0, 0.1) is 11.8 Å². The van der Waals surface area contributed by atoms with E-state index in [1.165, 1.54) is 7.11 Å². The van der Waals surface area contributed by atoms with Crippen LogP contribution in [0.1, 0.15) is 91.9 Å². The maximum atomic E-state index is 13.4. The van der Waals surface area contributed by atoms with E-state index in [-0.39, 0.29) is 49.7 Å². The monoisotopic (exact) mass is 710 g/mol. The second-order valence-corrected chi connectivity index (χ2v) is 15.1. The number of aliphatic hydroxyl groups is 4. The van der Waals surface area contributed by atoms with Crippen LogP contribution in [0.2, 0.25) is 0 Å². The highest BCUT2D eigenvalue weighted by Gasteiger charge is 2.57. The molecule has 6 bridgehead atoms. The Morgan fingerprint density at radius 1 is 0.920 bits per heavy atom. The summed E-state index contributed by atoms with van der Waals surface area (Å²) in [5.74, 6) is -1.12. The number of hydrogen-bond donors (Lipinski definition) is 4. The smallest absolute Gasteiger partial charge is 0.342 e. The zero-order valence-electron chi connectivity index (χ0n) is 30.0. The number of rotatable bonds is 6. The number of carbonyl (C=O) groups excluding carboxylic acids is 2. The van der Waals surface area contributed by atoms with Crippen LogP contribution in [0.3, 0.4) is 0 Å². The van der Waals surface area contributed by atoms with E-state index in [1.54, 1.807) is 6.92 Å². The molecule has 0 aliphatic carbocycles. The molecule has 284 valence electrons. The third-order valence-corrected chi connectivity index (χ3v) is 10.9. The van der Waals surface area contributed by atoms with Gasteiger partial charge in [-0.1, -0.05) is 45.1 Å². The Hall–Kier alpha value is -1.94. The quantitative estimate of drug-likeness (QED) is 0.296. The molecule has 5 aliphatic rings. The van der Waals surface area contributed by atoms with Gasteiger partial charge in [-0.05, 0) is 44.4 Å². The van der Waals surface area contributed by atoms with Crippen molar-refractivity contribution >= 4 is 11.9 Å². The van der Waals surface area contributed by atoms with Gasteiger partial charge in [-0.3, -0.25) is 4.79 Å². The minimum atomic E-state index is -2.15. The number of aliphatic hydroxyl groups excluding tert-OH is 3. The van der Waals surface area contributed by atoms with Crippen LogP contribution in [-0.2, 0) is 42.7 Å². The normalized spacial score (nSPS) is 47.2. The average Bonchev–Trinajstić information content (AvgIpc) is 3.57. The van der Waals surface area contributed by atoms with E-state index in [0.29, 0.717) is 38.5 Å². The molecule has 0 spiro atoms. The van der Waals surface area contributed by atoms with Crippen molar-refractivity contribution in [2.75, 3.05) is 7.11 Å². The van der Waals surface area contributed by atoms with Gasteiger partial charge in [-0.15, -0.1) is 0 Å². The first-order valence-electron chi connectivity index (χ1n) is 18.5. The Morgan fingerprint density at radius 3 is 2.38 bits per heavy atom. The fraction of sp³-hybridized carbons (Fsp3) is 0.838. The van der Waals surface area contributed by atoms with Crippen molar-refractivity contribution in [2.24, 2.45) is 11.8 Å². The number of ether oxygens (including phenoxy) is 7. The standard InChI is InChI=1S/C37H58O13/c1-6-10-31(39)50-30-18-25-16-24(47-35-34(44-5)33(41)32(40)22(4)45-35)15-23(46-25)13-20(2)11-8-7-9-12-28-21(3)14-29(49-28)27(38)17-26-19-37(30,43)36(42)48-26/h7-9,11,20-30,32-35,38,40-41,43H,6,10,12-19H2,1-5H3/b9-7-,11-8+/t20-,21+,22-,23+,24-,25+,26+,27+,28+,29+,30+,32+,33+,34+,35-,37+/m0/s1. The van der Waals surface area contributed by atoms with E-state index in [4.69, 9.17) is 33.2 Å². The summed E-state index contributed by atoms with van der Waals surface area (Å²) < 4.78 is 42.2. The van der Waals surface area contributed by atoms with Crippen molar-refractivity contribution in [3.63, 3.8) is 0 Å². The van der Waals surface area contributed by atoms with Crippen LogP contribution < -0.4 is 0 Å². The SMILES string of the molecule is CCCC(=O)O[C@@H]1C[C@H]2C[C@@H](O[C@@H]3O[C@@H](C)[C@@H](O)[C@@H](O)[C@H]3OC)C[C@@H](C[C@@H](C)/C=C/C=C\C[C@H]3O[C@H](C[C@H]3C)[C@H](O)C[C@@H]3C[C@]1(O)C(=O)O3)O2. The fourth-order valence-corrected chi connectivity index (χ4v) is 8.08. The molecular weight excluding hydrogens is 652 g/mol. The molecule has 50 heavy (non-hydrogen) atoms. The van der Waals surface area contributed by atoms with Gasteiger partial charge in [0, 0.05) is 45.6 Å². The number of fused-ring (bicyclic) bond motifs is 6. The molecule has 0 saturated carbocycles. The van der Waals surface area contributed by atoms with Gasteiger partial charge in [0.15, 0.2) is 6.29 Å². The highest BCUT2D eigenvalue weighted by molar-refractivity contribution is 5.83. The Bertz CT molecular complexity index is 1190. The predicted octanol–water partition coefficient (Wildman–Crippen LogP) is 2.64. The zero-order chi connectivity index (χ0) is 36.2. The minimum Gasteiger partial charge on any atom is -0.460 e. The fourth-order valence-electron chi connectivity index (χ4n) is 8.08. The van der Waals surface area contributed by atoms with E-state index in [9.17, 15) is 30.0 Å². The second-order valence-electron chi connectivity index (χ2n) is 15.1. The van der Waals surface area contributed by atoms with E-state index in [1.807, 2.05) is 19.1 Å². The van der Waals surface area contributed by atoms with Gasteiger partial charge in [0.1, 0.15) is 30.5 Å². The molecule has 0 unspecified atom stereocenters. The summed E-state index contributed by atoms with van der Waals surface area (Å²) in [4.78, 5) is 26.3. The molecule has 0 amide bonds. The molecule has 5 heterocycles. The highest BCUT2D eigenvalue weighted by atomic mass is 16.7. The molecule has 4 N–H and O–H groups in total. The minimum absolute atomic E-state index is 0.0124. The lowest BCUT2D eigenvalue weighted by atomic mass is 9.85. The molecular formula is C37H58O13. The first-order chi connectivity index (χ1) is 23.8. The van der Waals surface area contributed by atoms with Gasteiger partial charge in [-0.2, -0.15) is 0 Å². The molecule has 4 saturated heterocycles. The first kappa shape index (κ1) is 39.3. The van der Waals surface area contributed by atoms with Crippen LogP contribution in [-0.4, -0.2) is 125 Å². The van der Waals surface area contributed by atoms with Gasteiger partial charge in [0.2, 0.25) is 5.60 Å². The third kappa shape index (κ3) is 9.34. The summed E-state index contributed by atoms with van der Waals surface area (Å²) >= 11 is 0. The van der Waals surface area contributed by atoms with Crippen molar-refractivity contribution in [3.05, 3.63) is 24.3 Å². The Morgan fingerprint density at radius 2 is 1.66 bits per heavy atom. The number of esters is 2. The zero-order valence-corrected chi connectivity index (χ0v) is 30.0. The summed E-state index contributed by atoms with van der Waals surface area (Å²) in [6.07, 6.45) is 1.62. The molecule has 4 fully saturated rings. The number of hydrogen-bond acceptors (Lipinski definition) is 13. The predicted molar refractivity (Wildman–Crippen MR) is 179 cm³/mol. The number of allylic oxidation sites excluding steroid dienone is 3. The van der Waals surface area contributed by atoms with Crippen molar-refractivity contribution < 1.29 is 63.2 Å². The molecule has 5 aliphatic heterocycles. The maximum Gasteiger partial charge on any atom is 0.342 e.